The van der Waals surface area contributed by atoms with Crippen molar-refractivity contribution in [1.82, 2.24) is 14.5 Å². The molecule has 0 N–H and O–H groups in total. The number of pyridine rings is 2. The highest BCUT2D eigenvalue weighted by molar-refractivity contribution is 6.16. The predicted molar refractivity (Wildman–Crippen MR) is 159 cm³/mol. The van der Waals surface area contributed by atoms with Crippen molar-refractivity contribution in [3.8, 4) is 16.9 Å². The highest BCUT2D eigenvalue weighted by Gasteiger charge is 2.19. The number of carbonyl (C=O) groups excluding carboxylic acids is 1. The summed E-state index contributed by atoms with van der Waals surface area (Å²) in [4.78, 5) is 23.2. The Morgan fingerprint density at radius 2 is 1.57 bits per heavy atom. The summed E-state index contributed by atoms with van der Waals surface area (Å²) in [6.07, 6.45) is 3.36. The Kier molecular flexibility index (Phi) is 4.91. The van der Waals surface area contributed by atoms with Crippen LogP contribution in [0.1, 0.15) is 15.9 Å². The molecule has 0 fully saturated rings. The molecule has 4 heterocycles. The van der Waals surface area contributed by atoms with Crippen LogP contribution in [0.5, 0.6) is 0 Å². The van der Waals surface area contributed by atoms with Gasteiger partial charge < -0.3 is 4.42 Å². The summed E-state index contributed by atoms with van der Waals surface area (Å²) < 4.78 is 7.98. The topological polar surface area (TPSA) is 60.9 Å². The molecule has 0 aliphatic carbocycles. The summed E-state index contributed by atoms with van der Waals surface area (Å²) in [5.41, 5.74) is 7.38. The van der Waals surface area contributed by atoms with Crippen LogP contribution in [0.4, 0.5) is 0 Å². The molecule has 0 bridgehead atoms. The molecule has 4 aromatic heterocycles. The van der Waals surface area contributed by atoms with Gasteiger partial charge in [-0.15, -0.1) is 0 Å². The third-order valence-electron chi connectivity index (χ3n) is 7.51. The van der Waals surface area contributed by atoms with Gasteiger partial charge >= 0.3 is 0 Å². The normalized spacial score (nSPS) is 11.6. The number of para-hydroxylation sites is 2. The van der Waals surface area contributed by atoms with Gasteiger partial charge in [-0.05, 0) is 42.5 Å². The molecule has 0 spiro atoms. The van der Waals surface area contributed by atoms with Crippen LogP contribution in [-0.2, 0) is 0 Å². The van der Waals surface area contributed by atoms with Crippen LogP contribution in [0.15, 0.2) is 132 Å². The van der Waals surface area contributed by atoms with E-state index in [1.807, 2.05) is 72.8 Å². The van der Waals surface area contributed by atoms with E-state index in [1.165, 1.54) is 0 Å². The number of furan rings is 1. The molecule has 0 aliphatic heterocycles. The molecule has 0 atom stereocenters. The number of rotatable bonds is 4. The molecule has 5 heteroatoms. The van der Waals surface area contributed by atoms with Gasteiger partial charge in [-0.25, -0.2) is 4.98 Å². The lowest BCUT2D eigenvalue weighted by Gasteiger charge is -2.10. The maximum atomic E-state index is 13.4. The van der Waals surface area contributed by atoms with E-state index >= 15 is 0 Å². The van der Waals surface area contributed by atoms with E-state index < -0.39 is 0 Å². The second kappa shape index (κ2) is 8.75. The lowest BCUT2D eigenvalue weighted by molar-refractivity contribution is 0.103. The van der Waals surface area contributed by atoms with Crippen LogP contribution in [-0.4, -0.2) is 20.3 Å². The zero-order valence-corrected chi connectivity index (χ0v) is 21.3. The van der Waals surface area contributed by atoms with Crippen molar-refractivity contribution in [2.24, 2.45) is 0 Å². The summed E-state index contributed by atoms with van der Waals surface area (Å²) in [5, 5.41) is 4.00. The lowest BCUT2D eigenvalue weighted by Crippen LogP contribution is -2.00. The molecule has 0 unspecified atom stereocenters. The number of ketones is 1. The maximum absolute atomic E-state index is 13.4. The van der Waals surface area contributed by atoms with E-state index in [0.29, 0.717) is 16.7 Å². The van der Waals surface area contributed by atoms with Gasteiger partial charge in [-0.3, -0.25) is 14.3 Å². The minimum absolute atomic E-state index is 0.0668. The van der Waals surface area contributed by atoms with Crippen LogP contribution < -0.4 is 0 Å². The van der Waals surface area contributed by atoms with E-state index in [4.69, 9.17) is 9.40 Å². The first kappa shape index (κ1) is 22.4. The molecule has 5 nitrogen and oxygen atoms in total. The summed E-state index contributed by atoms with van der Waals surface area (Å²) in [7, 11) is 0. The van der Waals surface area contributed by atoms with Crippen molar-refractivity contribution >= 4 is 49.6 Å². The monoisotopic (exact) mass is 515 g/mol. The third-order valence-corrected chi connectivity index (χ3v) is 7.51. The van der Waals surface area contributed by atoms with Crippen molar-refractivity contribution in [3.63, 3.8) is 0 Å². The fourth-order valence-electron chi connectivity index (χ4n) is 5.64. The standard InChI is InChI=1S/C35H21N3O2/c39-34(22-9-2-1-3-10-22)29-21-40-32-17-16-24(20-27(29)32)38-31-15-5-4-12-25(31)28-19-23-11-8-13-26(33(23)37-35(28)38)30-14-6-7-18-36-30/h1-21H. The van der Waals surface area contributed by atoms with Gasteiger partial charge in [0, 0.05) is 44.6 Å². The number of benzene rings is 4. The van der Waals surface area contributed by atoms with Crippen molar-refractivity contribution in [2.75, 3.05) is 0 Å². The van der Waals surface area contributed by atoms with Gasteiger partial charge in [0.1, 0.15) is 17.5 Å². The van der Waals surface area contributed by atoms with Gasteiger partial charge in [-0.1, -0.05) is 72.8 Å². The molecule has 188 valence electrons. The fraction of sp³-hybridized carbons (Fsp3) is 0. The van der Waals surface area contributed by atoms with Crippen LogP contribution in [0, 0.1) is 0 Å². The highest BCUT2D eigenvalue weighted by Crippen LogP contribution is 2.36. The number of hydrogen-bond acceptors (Lipinski definition) is 4. The summed E-state index contributed by atoms with van der Waals surface area (Å²) in [6, 6.07) is 37.9. The summed E-state index contributed by atoms with van der Waals surface area (Å²) in [6.45, 7) is 0. The van der Waals surface area contributed by atoms with E-state index in [2.05, 4.69) is 52.0 Å². The van der Waals surface area contributed by atoms with Crippen molar-refractivity contribution in [1.29, 1.82) is 0 Å². The number of aromatic nitrogens is 3. The van der Waals surface area contributed by atoms with Crippen LogP contribution in [0.3, 0.4) is 0 Å². The second-order valence-corrected chi connectivity index (χ2v) is 9.83. The Bertz CT molecular complexity index is 2230. The zero-order valence-electron chi connectivity index (χ0n) is 21.3. The fourth-order valence-corrected chi connectivity index (χ4v) is 5.64. The third kappa shape index (κ3) is 3.38. The lowest BCUT2D eigenvalue weighted by atomic mass is 10.0. The molecule has 0 amide bonds. The van der Waals surface area contributed by atoms with Crippen LogP contribution in [0.25, 0.3) is 60.8 Å². The second-order valence-electron chi connectivity index (χ2n) is 9.83. The molecule has 8 aromatic rings. The largest absolute Gasteiger partial charge is 0.464 e. The van der Waals surface area contributed by atoms with E-state index in [1.54, 1.807) is 12.5 Å². The Morgan fingerprint density at radius 3 is 2.45 bits per heavy atom. The molecule has 4 aromatic carbocycles. The molecule has 0 saturated heterocycles. The minimum atomic E-state index is -0.0668. The molecule has 0 aliphatic rings. The quantitative estimate of drug-likeness (QED) is 0.221. The Balaban J connectivity index is 1.40. The van der Waals surface area contributed by atoms with Gasteiger partial charge in [0.15, 0.2) is 5.78 Å². The summed E-state index contributed by atoms with van der Waals surface area (Å²) >= 11 is 0. The minimum Gasteiger partial charge on any atom is -0.464 e. The molecule has 8 rings (SSSR count). The van der Waals surface area contributed by atoms with Crippen molar-refractivity contribution < 1.29 is 9.21 Å². The van der Waals surface area contributed by atoms with E-state index in [0.717, 1.165) is 55.2 Å². The highest BCUT2D eigenvalue weighted by atomic mass is 16.3. The Labute approximate surface area is 229 Å². The first-order valence-corrected chi connectivity index (χ1v) is 13.1. The van der Waals surface area contributed by atoms with Crippen LogP contribution >= 0.6 is 0 Å². The summed E-state index contributed by atoms with van der Waals surface area (Å²) in [5.74, 6) is -0.0668. The van der Waals surface area contributed by atoms with Crippen LogP contribution in [0.2, 0.25) is 0 Å². The molecule has 0 radical (unpaired) electrons. The average Bonchev–Trinajstić information content (AvgIpc) is 3.58. The SMILES string of the molecule is O=C(c1ccccc1)c1coc2ccc(-n3c4ccccc4c4cc5cccc(-c6ccccn6)c5nc43)cc12. The smallest absolute Gasteiger partial charge is 0.196 e. The first-order chi connectivity index (χ1) is 19.8. The molecule has 40 heavy (non-hydrogen) atoms. The number of carbonyl (C=O) groups is 1. The molecular formula is C35H21N3O2. The van der Waals surface area contributed by atoms with Crippen molar-refractivity contribution in [3.05, 3.63) is 139 Å². The zero-order chi connectivity index (χ0) is 26.6. The van der Waals surface area contributed by atoms with Gasteiger partial charge in [0.25, 0.3) is 0 Å². The number of nitrogens with zero attached hydrogens (tertiary/aromatic N) is 3. The van der Waals surface area contributed by atoms with E-state index in [9.17, 15) is 4.79 Å². The number of fused-ring (bicyclic) bond motifs is 5. The molecular weight excluding hydrogens is 494 g/mol. The maximum Gasteiger partial charge on any atom is 0.196 e. The van der Waals surface area contributed by atoms with Gasteiger partial charge in [0.2, 0.25) is 0 Å². The first-order valence-electron chi connectivity index (χ1n) is 13.1. The average molecular weight is 516 g/mol. The van der Waals surface area contributed by atoms with Crippen molar-refractivity contribution in [2.45, 2.75) is 0 Å². The van der Waals surface area contributed by atoms with E-state index in [-0.39, 0.29) is 5.78 Å². The number of hydrogen-bond donors (Lipinski definition) is 0. The Hall–Kier alpha value is -5.55. The van der Waals surface area contributed by atoms with Gasteiger partial charge in [0.05, 0.1) is 22.3 Å². The predicted octanol–water partition coefficient (Wildman–Crippen LogP) is 8.37. The van der Waals surface area contributed by atoms with Gasteiger partial charge in [-0.2, -0.15) is 0 Å². The Morgan fingerprint density at radius 1 is 0.725 bits per heavy atom. The molecule has 0 saturated carbocycles.